The maximum absolute atomic E-state index is 12.8. The first-order valence-electron chi connectivity index (χ1n) is 9.52. The van der Waals surface area contributed by atoms with Gasteiger partial charge in [-0.2, -0.15) is 4.31 Å². The van der Waals surface area contributed by atoms with E-state index in [2.05, 4.69) is 10.3 Å². The van der Waals surface area contributed by atoms with Gasteiger partial charge in [0.05, 0.1) is 30.0 Å². The van der Waals surface area contributed by atoms with Crippen LogP contribution in [0.3, 0.4) is 0 Å². The molecule has 11 heteroatoms. The molecule has 0 aliphatic carbocycles. The normalized spacial score (nSPS) is 20.9. The van der Waals surface area contributed by atoms with Crippen molar-refractivity contribution in [1.29, 1.82) is 0 Å². The van der Waals surface area contributed by atoms with Gasteiger partial charge in [0.25, 0.3) is 5.22 Å². The largest absolute Gasteiger partial charge is 0.431 e. The van der Waals surface area contributed by atoms with Gasteiger partial charge in [0.15, 0.2) is 5.58 Å². The standard InChI is InChI=1S/C18H23N3O6S2/c22-17(19-11-13-2-1-7-26-13)12-28-18-20-15-10-14(3-4-16(15)27-18)29(23,24)21-5-8-25-9-6-21/h3-4,10,13H,1-2,5-9,11-12H2,(H,19,22)/t13-/m1/s1. The van der Waals surface area contributed by atoms with E-state index in [9.17, 15) is 13.2 Å². The number of amides is 1. The van der Waals surface area contributed by atoms with Crippen molar-refractivity contribution >= 4 is 38.8 Å². The summed E-state index contributed by atoms with van der Waals surface area (Å²) >= 11 is 1.17. The van der Waals surface area contributed by atoms with E-state index in [0.717, 1.165) is 19.4 Å². The third kappa shape index (κ3) is 4.92. The van der Waals surface area contributed by atoms with E-state index in [-0.39, 0.29) is 22.7 Å². The maximum Gasteiger partial charge on any atom is 0.257 e. The summed E-state index contributed by atoms with van der Waals surface area (Å²) in [5.41, 5.74) is 0.926. The number of carbonyl (C=O) groups excluding carboxylic acids is 1. The number of aromatic nitrogens is 1. The average molecular weight is 442 g/mol. The van der Waals surface area contributed by atoms with Crippen LogP contribution >= 0.6 is 11.8 Å². The average Bonchev–Trinajstić information content (AvgIpc) is 3.40. The summed E-state index contributed by atoms with van der Waals surface area (Å²) in [6, 6.07) is 4.61. The number of hydrogen-bond donors (Lipinski definition) is 1. The van der Waals surface area contributed by atoms with E-state index >= 15 is 0 Å². The molecule has 2 saturated heterocycles. The zero-order valence-corrected chi connectivity index (χ0v) is 17.5. The van der Waals surface area contributed by atoms with Crippen molar-refractivity contribution in [3.8, 4) is 0 Å². The quantitative estimate of drug-likeness (QED) is 0.639. The third-order valence-corrected chi connectivity index (χ3v) is 7.55. The summed E-state index contributed by atoms with van der Waals surface area (Å²) in [4.78, 5) is 16.5. The highest BCUT2D eigenvalue weighted by Gasteiger charge is 2.27. The first-order valence-corrected chi connectivity index (χ1v) is 11.9. The summed E-state index contributed by atoms with van der Waals surface area (Å²) in [6.07, 6.45) is 2.09. The molecule has 2 aromatic rings. The molecule has 1 aromatic carbocycles. The van der Waals surface area contributed by atoms with Crippen LogP contribution in [0.1, 0.15) is 12.8 Å². The van der Waals surface area contributed by atoms with Crippen LogP contribution < -0.4 is 5.32 Å². The number of nitrogens with one attached hydrogen (secondary N) is 1. The lowest BCUT2D eigenvalue weighted by atomic mass is 10.2. The van der Waals surface area contributed by atoms with Gasteiger partial charge in [-0.15, -0.1) is 0 Å². The number of nitrogens with zero attached hydrogens (tertiary/aromatic N) is 2. The Bertz CT molecular complexity index is 965. The molecular weight excluding hydrogens is 418 g/mol. The number of morpholine rings is 1. The van der Waals surface area contributed by atoms with E-state index in [1.165, 1.54) is 28.2 Å². The predicted molar refractivity (Wildman–Crippen MR) is 106 cm³/mol. The van der Waals surface area contributed by atoms with Crippen molar-refractivity contribution in [1.82, 2.24) is 14.6 Å². The van der Waals surface area contributed by atoms with Crippen LogP contribution in [0, 0.1) is 0 Å². The number of hydrogen-bond acceptors (Lipinski definition) is 8. The zero-order valence-electron chi connectivity index (χ0n) is 15.8. The first kappa shape index (κ1) is 20.6. The van der Waals surface area contributed by atoms with Gasteiger partial charge >= 0.3 is 0 Å². The Kier molecular flexibility index (Phi) is 6.40. The molecule has 9 nitrogen and oxygen atoms in total. The van der Waals surface area contributed by atoms with Crippen molar-refractivity contribution in [2.45, 2.75) is 29.1 Å². The number of oxazole rings is 1. The fourth-order valence-electron chi connectivity index (χ4n) is 3.26. The molecular formula is C18H23N3O6S2. The number of sulfonamides is 1. The molecule has 0 unspecified atom stereocenters. The highest BCUT2D eigenvalue weighted by molar-refractivity contribution is 7.99. The Labute approximate surface area is 173 Å². The molecule has 29 heavy (non-hydrogen) atoms. The number of carbonyl (C=O) groups is 1. The van der Waals surface area contributed by atoms with E-state index in [1.807, 2.05) is 0 Å². The van der Waals surface area contributed by atoms with Crippen LogP contribution in [0.25, 0.3) is 11.1 Å². The van der Waals surface area contributed by atoms with Crippen LogP contribution in [-0.4, -0.2) is 74.9 Å². The number of fused-ring (bicyclic) bond motifs is 1. The highest BCUT2D eigenvalue weighted by atomic mass is 32.2. The summed E-state index contributed by atoms with van der Waals surface area (Å²) in [5, 5.41) is 3.17. The topological polar surface area (TPSA) is 111 Å². The zero-order chi connectivity index (χ0) is 20.3. The summed E-state index contributed by atoms with van der Waals surface area (Å²) in [6.45, 7) is 2.71. The molecule has 2 aliphatic rings. The molecule has 1 N–H and O–H groups in total. The van der Waals surface area contributed by atoms with Crippen LogP contribution in [-0.2, 0) is 24.3 Å². The van der Waals surface area contributed by atoms with Gasteiger partial charge in [0.1, 0.15) is 5.52 Å². The molecule has 1 aromatic heterocycles. The molecule has 1 amide bonds. The Morgan fingerprint density at radius 1 is 1.28 bits per heavy atom. The molecule has 158 valence electrons. The Morgan fingerprint density at radius 2 is 2.10 bits per heavy atom. The Balaban J connectivity index is 1.38. The van der Waals surface area contributed by atoms with Crippen molar-refractivity contribution in [2.75, 3.05) is 45.2 Å². The maximum atomic E-state index is 12.8. The minimum Gasteiger partial charge on any atom is -0.431 e. The van der Waals surface area contributed by atoms with E-state index in [1.54, 1.807) is 6.07 Å². The van der Waals surface area contributed by atoms with Gasteiger partial charge in [-0.25, -0.2) is 13.4 Å². The molecule has 0 spiro atoms. The molecule has 2 aliphatic heterocycles. The smallest absolute Gasteiger partial charge is 0.257 e. The van der Waals surface area contributed by atoms with E-state index in [4.69, 9.17) is 13.9 Å². The number of benzene rings is 1. The van der Waals surface area contributed by atoms with Gasteiger partial charge in [-0.3, -0.25) is 4.79 Å². The first-order chi connectivity index (χ1) is 14.0. The van der Waals surface area contributed by atoms with Crippen LogP contribution in [0.5, 0.6) is 0 Å². The third-order valence-electron chi connectivity index (χ3n) is 4.82. The van der Waals surface area contributed by atoms with Gasteiger partial charge in [-0.05, 0) is 31.0 Å². The second-order valence-corrected chi connectivity index (χ2v) is 9.72. The lowest BCUT2D eigenvalue weighted by Crippen LogP contribution is -2.40. The van der Waals surface area contributed by atoms with E-state index < -0.39 is 10.0 Å². The fraction of sp³-hybridized carbons (Fsp3) is 0.556. The fourth-order valence-corrected chi connectivity index (χ4v) is 5.35. The molecule has 0 saturated carbocycles. The lowest BCUT2D eigenvalue weighted by molar-refractivity contribution is -0.119. The van der Waals surface area contributed by atoms with Crippen LogP contribution in [0.2, 0.25) is 0 Å². The van der Waals surface area contributed by atoms with Crippen molar-refractivity contribution in [3.05, 3.63) is 18.2 Å². The second-order valence-electron chi connectivity index (χ2n) is 6.85. The summed E-state index contributed by atoms with van der Waals surface area (Å²) in [7, 11) is -3.60. The minimum absolute atomic E-state index is 0.0973. The number of thioether (sulfide) groups is 1. The highest BCUT2D eigenvalue weighted by Crippen LogP contribution is 2.27. The lowest BCUT2D eigenvalue weighted by Gasteiger charge is -2.25. The Hall–Kier alpha value is -1.66. The predicted octanol–water partition coefficient (Wildman–Crippen LogP) is 1.24. The molecule has 2 fully saturated rings. The minimum atomic E-state index is -3.60. The molecule has 3 heterocycles. The van der Waals surface area contributed by atoms with E-state index in [0.29, 0.717) is 49.2 Å². The Morgan fingerprint density at radius 3 is 2.86 bits per heavy atom. The second kappa shape index (κ2) is 9.00. The molecule has 1 atom stereocenters. The van der Waals surface area contributed by atoms with Gasteiger partial charge in [0, 0.05) is 26.2 Å². The molecule has 4 rings (SSSR count). The van der Waals surface area contributed by atoms with Gasteiger partial charge < -0.3 is 19.2 Å². The van der Waals surface area contributed by atoms with Gasteiger partial charge in [-0.1, -0.05) is 11.8 Å². The van der Waals surface area contributed by atoms with Crippen molar-refractivity contribution in [2.24, 2.45) is 0 Å². The SMILES string of the molecule is O=C(CSc1nc2cc(S(=O)(=O)N3CCOCC3)ccc2o1)NC[C@H]1CCCO1. The summed E-state index contributed by atoms with van der Waals surface area (Å²) in [5.74, 6) is 0.0432. The number of ether oxygens (including phenoxy) is 2. The monoisotopic (exact) mass is 441 g/mol. The summed E-state index contributed by atoms with van der Waals surface area (Å²) < 4.78 is 43.3. The van der Waals surface area contributed by atoms with Gasteiger partial charge in [0.2, 0.25) is 15.9 Å². The van der Waals surface area contributed by atoms with Crippen molar-refractivity contribution < 1.29 is 27.1 Å². The molecule has 0 bridgehead atoms. The van der Waals surface area contributed by atoms with Crippen molar-refractivity contribution in [3.63, 3.8) is 0 Å². The number of rotatable bonds is 7. The van der Waals surface area contributed by atoms with Crippen LogP contribution in [0.15, 0.2) is 32.7 Å². The van der Waals surface area contributed by atoms with Crippen LogP contribution in [0.4, 0.5) is 0 Å². The molecule has 0 radical (unpaired) electrons.